The van der Waals surface area contributed by atoms with Gasteiger partial charge in [-0.1, -0.05) is 0 Å². The number of Topliss-reactive ketones (excluding diaryl/α,β-unsaturated/α-hetero) is 1. The zero-order valence-electron chi connectivity index (χ0n) is 16.8. The molecule has 9 heteroatoms. The number of rotatable bonds is 5. The Labute approximate surface area is 179 Å². The quantitative estimate of drug-likeness (QED) is 0.294. The van der Waals surface area contributed by atoms with Crippen molar-refractivity contribution in [1.82, 2.24) is 0 Å². The van der Waals surface area contributed by atoms with E-state index in [0.717, 1.165) is 19.3 Å². The van der Waals surface area contributed by atoms with Gasteiger partial charge in [0.15, 0.2) is 18.1 Å². The molecule has 6 rings (SSSR count). The van der Waals surface area contributed by atoms with Crippen molar-refractivity contribution in [2.75, 3.05) is 12.4 Å². The zero-order chi connectivity index (χ0) is 21.2. The second-order valence-corrected chi connectivity index (χ2v) is 9.92. The van der Waals surface area contributed by atoms with Gasteiger partial charge in [0.2, 0.25) is 0 Å². The smallest absolute Gasteiger partial charge is 0.323 e. The van der Waals surface area contributed by atoms with Crippen LogP contribution in [-0.2, 0) is 38.1 Å². The molecule has 4 aliphatic carbocycles. The van der Waals surface area contributed by atoms with Gasteiger partial charge in [-0.05, 0) is 44.9 Å². The minimum absolute atomic E-state index is 0.0520. The number of ketones is 1. The lowest BCUT2D eigenvalue weighted by Crippen LogP contribution is -2.58. The van der Waals surface area contributed by atoms with E-state index in [2.05, 4.69) is 12.6 Å². The Kier molecular flexibility index (Phi) is 4.89. The Morgan fingerprint density at radius 3 is 2.50 bits per heavy atom. The van der Waals surface area contributed by atoms with Gasteiger partial charge in [-0.3, -0.25) is 19.2 Å². The summed E-state index contributed by atoms with van der Waals surface area (Å²) in [7, 11) is 0. The molecule has 0 spiro atoms. The molecule has 0 N–H and O–H groups in total. The van der Waals surface area contributed by atoms with E-state index >= 15 is 0 Å². The molecule has 0 aromatic rings. The number of esters is 3. The Morgan fingerprint density at radius 2 is 1.83 bits per heavy atom. The highest BCUT2D eigenvalue weighted by atomic mass is 32.1. The molecule has 30 heavy (non-hydrogen) atoms. The average molecular weight is 438 g/mol. The highest BCUT2D eigenvalue weighted by molar-refractivity contribution is 7.80. The first kappa shape index (κ1) is 20.3. The average Bonchev–Trinajstić information content (AvgIpc) is 2.91. The molecule has 0 radical (unpaired) electrons. The molecule has 6 fully saturated rings. The van der Waals surface area contributed by atoms with E-state index in [1.54, 1.807) is 6.92 Å². The number of carbonyl (C=O) groups excluding carboxylic acids is 4. The number of ether oxygens (including phenoxy) is 4. The van der Waals surface area contributed by atoms with E-state index in [9.17, 15) is 19.2 Å². The number of hydrogen-bond donors (Lipinski definition) is 1. The summed E-state index contributed by atoms with van der Waals surface area (Å²) >= 11 is 4.00. The lowest BCUT2D eigenvalue weighted by atomic mass is 9.49. The molecule has 8 nitrogen and oxygen atoms in total. The Bertz CT molecular complexity index is 778. The molecule has 6 aliphatic rings. The van der Waals surface area contributed by atoms with Crippen molar-refractivity contribution in [3.05, 3.63) is 0 Å². The molecule has 7 unspecified atom stereocenters. The van der Waals surface area contributed by atoms with Crippen molar-refractivity contribution in [3.63, 3.8) is 0 Å². The fourth-order valence-electron chi connectivity index (χ4n) is 6.48. The first-order chi connectivity index (χ1) is 14.3. The summed E-state index contributed by atoms with van der Waals surface area (Å²) in [6, 6.07) is 0. The van der Waals surface area contributed by atoms with Crippen LogP contribution in [0.15, 0.2) is 0 Å². The first-order valence-corrected chi connectivity index (χ1v) is 11.3. The fourth-order valence-corrected chi connectivity index (χ4v) is 6.57. The topological polar surface area (TPSA) is 105 Å². The van der Waals surface area contributed by atoms with Crippen LogP contribution in [0.2, 0.25) is 0 Å². The lowest BCUT2D eigenvalue weighted by Gasteiger charge is -2.54. The van der Waals surface area contributed by atoms with Gasteiger partial charge in [-0.15, -0.1) is 0 Å². The maximum absolute atomic E-state index is 13.4. The molecule has 2 heterocycles. The van der Waals surface area contributed by atoms with Crippen molar-refractivity contribution in [1.29, 1.82) is 0 Å². The largest absolute Gasteiger partial charge is 0.464 e. The summed E-state index contributed by atoms with van der Waals surface area (Å²) < 4.78 is 22.3. The number of carbonyl (C=O) groups is 4. The van der Waals surface area contributed by atoms with Gasteiger partial charge in [0, 0.05) is 17.6 Å². The summed E-state index contributed by atoms with van der Waals surface area (Å²) in [5.41, 5.74) is -0.656. The number of hydrogen-bond acceptors (Lipinski definition) is 9. The molecule has 164 valence electrons. The van der Waals surface area contributed by atoms with Gasteiger partial charge in [0.05, 0.1) is 11.5 Å². The van der Waals surface area contributed by atoms with Gasteiger partial charge in [0.1, 0.15) is 18.5 Å². The predicted octanol–water partition coefficient (Wildman–Crippen LogP) is 1.10. The molecule has 7 atom stereocenters. The Hall–Kier alpha value is -1.61. The SMILES string of the molecule is CC1OC2C(C(=O)OCCS)C(=O)OC1C2OC(=O)C12CC3CC(C1)C(=O)C(C3)C2. The second kappa shape index (κ2) is 7.22. The monoisotopic (exact) mass is 438 g/mol. The van der Waals surface area contributed by atoms with Crippen LogP contribution in [0.3, 0.4) is 0 Å². The van der Waals surface area contributed by atoms with E-state index in [4.69, 9.17) is 18.9 Å². The van der Waals surface area contributed by atoms with Gasteiger partial charge >= 0.3 is 17.9 Å². The molecular formula is C21H26O8S. The normalized spacial score (nSPS) is 45.9. The van der Waals surface area contributed by atoms with Crippen molar-refractivity contribution < 1.29 is 38.1 Å². The molecule has 2 saturated heterocycles. The van der Waals surface area contributed by atoms with Gasteiger partial charge in [-0.25, -0.2) is 0 Å². The maximum atomic E-state index is 13.4. The highest BCUT2D eigenvalue weighted by Crippen LogP contribution is 2.59. The minimum Gasteiger partial charge on any atom is -0.464 e. The van der Waals surface area contributed by atoms with Crippen LogP contribution in [-0.4, -0.2) is 60.5 Å². The van der Waals surface area contributed by atoms with Crippen LogP contribution in [0.4, 0.5) is 0 Å². The summed E-state index contributed by atoms with van der Waals surface area (Å²) in [6.07, 6.45) is 0.491. The summed E-state index contributed by atoms with van der Waals surface area (Å²) in [4.78, 5) is 50.6. The third kappa shape index (κ3) is 2.99. The molecular weight excluding hydrogens is 412 g/mol. The second-order valence-electron chi connectivity index (χ2n) is 9.47. The van der Waals surface area contributed by atoms with Crippen LogP contribution in [0.25, 0.3) is 0 Å². The van der Waals surface area contributed by atoms with Crippen molar-refractivity contribution >= 4 is 36.3 Å². The molecule has 0 aromatic heterocycles. The number of thiol groups is 1. The van der Waals surface area contributed by atoms with E-state index < -0.39 is 47.7 Å². The maximum Gasteiger partial charge on any atom is 0.323 e. The van der Waals surface area contributed by atoms with Crippen LogP contribution in [0.5, 0.6) is 0 Å². The van der Waals surface area contributed by atoms with Crippen LogP contribution in [0.1, 0.15) is 39.0 Å². The Morgan fingerprint density at radius 1 is 1.13 bits per heavy atom. The van der Waals surface area contributed by atoms with Gasteiger partial charge in [-0.2, -0.15) is 12.6 Å². The summed E-state index contributed by atoms with van der Waals surface area (Å²) in [5.74, 6) is -2.22. The summed E-state index contributed by atoms with van der Waals surface area (Å²) in [6.45, 7) is 1.78. The van der Waals surface area contributed by atoms with E-state index in [1.807, 2.05) is 0 Å². The van der Waals surface area contributed by atoms with Crippen LogP contribution in [0, 0.1) is 29.1 Å². The molecule has 6 bridgehead atoms. The molecule has 0 amide bonds. The van der Waals surface area contributed by atoms with Gasteiger partial charge in [0.25, 0.3) is 0 Å². The van der Waals surface area contributed by atoms with Crippen molar-refractivity contribution in [3.8, 4) is 0 Å². The zero-order valence-corrected chi connectivity index (χ0v) is 17.7. The van der Waals surface area contributed by atoms with E-state index in [-0.39, 0.29) is 24.4 Å². The Balaban J connectivity index is 1.35. The standard InChI is InChI=1S/C21H26O8S/c1-9-15-17(16(27-9)13(19(24)28-15)18(23)26-2-3-30)29-20(25)21-6-10-4-11(7-21)14(22)12(5-10)8-21/h9-13,15-17,30H,2-8H2,1H3. The lowest BCUT2D eigenvalue weighted by molar-refractivity contribution is -0.200. The third-order valence-corrected chi connectivity index (χ3v) is 7.76. The van der Waals surface area contributed by atoms with Crippen LogP contribution >= 0.6 is 12.6 Å². The van der Waals surface area contributed by atoms with E-state index in [0.29, 0.717) is 30.3 Å². The molecule has 4 saturated carbocycles. The van der Waals surface area contributed by atoms with Crippen molar-refractivity contribution in [2.45, 2.75) is 63.4 Å². The molecule has 0 aromatic carbocycles. The van der Waals surface area contributed by atoms with Crippen molar-refractivity contribution in [2.24, 2.45) is 29.1 Å². The highest BCUT2D eigenvalue weighted by Gasteiger charge is 2.63. The van der Waals surface area contributed by atoms with Crippen LogP contribution < -0.4 is 0 Å². The summed E-state index contributed by atoms with van der Waals surface area (Å²) in [5, 5.41) is 0. The number of fused-ring (bicyclic) bond motifs is 2. The molecule has 2 aliphatic heterocycles. The fraction of sp³-hybridized carbons (Fsp3) is 0.810. The van der Waals surface area contributed by atoms with Gasteiger partial charge < -0.3 is 18.9 Å². The predicted molar refractivity (Wildman–Crippen MR) is 103 cm³/mol. The van der Waals surface area contributed by atoms with E-state index in [1.165, 1.54) is 0 Å². The third-order valence-electron chi connectivity index (χ3n) is 7.58. The minimum atomic E-state index is -1.29. The first-order valence-electron chi connectivity index (χ1n) is 10.7.